The van der Waals surface area contributed by atoms with Gasteiger partial charge in [-0.3, -0.25) is 0 Å². The van der Waals surface area contributed by atoms with Gasteiger partial charge in [0.1, 0.15) is 0 Å². The summed E-state index contributed by atoms with van der Waals surface area (Å²) in [5, 5.41) is 0.00306. The zero-order chi connectivity index (χ0) is 13.3. The second-order valence-corrected chi connectivity index (χ2v) is 6.91. The molecule has 0 N–H and O–H groups in total. The molecular weight excluding hydrogens is 283 g/mol. The Bertz CT molecular complexity index is 538. The predicted octanol–water partition coefficient (Wildman–Crippen LogP) is 5.85. The molecule has 0 amide bonds. The number of hydrogen-bond donors (Lipinski definition) is 0. The molecule has 0 spiro atoms. The van der Waals surface area contributed by atoms with Crippen molar-refractivity contribution in [2.45, 2.75) is 32.6 Å². The molecule has 1 aromatic carbocycles. The van der Waals surface area contributed by atoms with Gasteiger partial charge >= 0.3 is 0 Å². The molecule has 0 aliphatic rings. The van der Waals surface area contributed by atoms with E-state index in [4.69, 9.17) is 23.2 Å². The summed E-state index contributed by atoms with van der Waals surface area (Å²) in [6.45, 7) is 6.27. The Kier molecular flexibility index (Phi) is 4.37. The molecular formula is C15H16Cl2S. The van der Waals surface area contributed by atoms with E-state index in [9.17, 15) is 0 Å². The summed E-state index contributed by atoms with van der Waals surface area (Å²) in [5.41, 5.74) is 5.03. The van der Waals surface area contributed by atoms with Gasteiger partial charge in [-0.2, -0.15) is 0 Å². The average molecular weight is 299 g/mol. The summed E-state index contributed by atoms with van der Waals surface area (Å²) < 4.78 is 0.843. The third-order valence-corrected chi connectivity index (χ3v) is 5.36. The van der Waals surface area contributed by atoms with Gasteiger partial charge in [-0.05, 0) is 55.5 Å². The van der Waals surface area contributed by atoms with Crippen LogP contribution in [0.5, 0.6) is 0 Å². The molecule has 1 aromatic heterocycles. The van der Waals surface area contributed by atoms with Crippen molar-refractivity contribution < 1.29 is 0 Å². The lowest BCUT2D eigenvalue weighted by atomic mass is 10.0. The van der Waals surface area contributed by atoms with Crippen LogP contribution in [0.2, 0.25) is 4.34 Å². The maximum atomic E-state index is 6.47. The number of aryl methyl sites for hydroxylation is 3. The Morgan fingerprint density at radius 3 is 2.33 bits per heavy atom. The van der Waals surface area contributed by atoms with Gasteiger partial charge in [0, 0.05) is 4.88 Å². The molecule has 0 nitrogen and oxygen atoms in total. The molecule has 0 bridgehead atoms. The lowest BCUT2D eigenvalue weighted by molar-refractivity contribution is 0.936. The molecule has 0 radical (unpaired) electrons. The molecule has 0 saturated heterocycles. The third-order valence-electron chi connectivity index (χ3n) is 3.17. The molecule has 96 valence electrons. The molecule has 3 heteroatoms. The van der Waals surface area contributed by atoms with Crippen molar-refractivity contribution in [2.75, 3.05) is 0 Å². The fourth-order valence-electron chi connectivity index (χ4n) is 1.88. The number of alkyl halides is 1. The van der Waals surface area contributed by atoms with E-state index in [1.165, 1.54) is 16.7 Å². The number of hydrogen-bond acceptors (Lipinski definition) is 1. The standard InChI is InChI=1S/C15H16Cl2S/c1-9-4-5-12(6-10(9)2)8-13(16)14-7-11(3)15(17)18-14/h4-7,13H,8H2,1-3H3. The molecule has 18 heavy (non-hydrogen) atoms. The Balaban J connectivity index is 2.15. The monoisotopic (exact) mass is 298 g/mol. The highest BCUT2D eigenvalue weighted by atomic mass is 35.5. The number of thiophene rings is 1. The number of halogens is 2. The number of rotatable bonds is 3. The Hall–Kier alpha value is -0.500. The first kappa shape index (κ1) is 13.9. The summed E-state index contributed by atoms with van der Waals surface area (Å²) in [6, 6.07) is 8.61. The zero-order valence-electron chi connectivity index (χ0n) is 10.8. The second kappa shape index (κ2) is 5.64. The van der Waals surface area contributed by atoms with Crippen LogP contribution in [-0.4, -0.2) is 0 Å². The summed E-state index contributed by atoms with van der Waals surface area (Å²) in [6.07, 6.45) is 0.846. The van der Waals surface area contributed by atoms with Crippen molar-refractivity contribution in [3.05, 3.63) is 55.7 Å². The summed E-state index contributed by atoms with van der Waals surface area (Å²) in [5.74, 6) is 0. The van der Waals surface area contributed by atoms with Crippen LogP contribution in [0.3, 0.4) is 0 Å². The molecule has 0 aliphatic heterocycles. The van der Waals surface area contributed by atoms with E-state index >= 15 is 0 Å². The van der Waals surface area contributed by atoms with Gasteiger partial charge < -0.3 is 0 Å². The fraction of sp³-hybridized carbons (Fsp3) is 0.333. The van der Waals surface area contributed by atoms with Crippen LogP contribution >= 0.6 is 34.5 Å². The van der Waals surface area contributed by atoms with Crippen molar-refractivity contribution in [1.29, 1.82) is 0 Å². The van der Waals surface area contributed by atoms with E-state index in [0.29, 0.717) is 0 Å². The van der Waals surface area contributed by atoms with E-state index in [0.717, 1.165) is 21.2 Å². The molecule has 0 aliphatic carbocycles. The van der Waals surface area contributed by atoms with Crippen LogP contribution in [0.25, 0.3) is 0 Å². The molecule has 1 unspecified atom stereocenters. The van der Waals surface area contributed by atoms with Crippen molar-refractivity contribution in [1.82, 2.24) is 0 Å². The zero-order valence-corrected chi connectivity index (χ0v) is 13.1. The highest BCUT2D eigenvalue weighted by molar-refractivity contribution is 7.16. The smallest absolute Gasteiger partial charge is 0.0960 e. The highest BCUT2D eigenvalue weighted by Crippen LogP contribution is 2.35. The van der Waals surface area contributed by atoms with Crippen LogP contribution in [0.15, 0.2) is 24.3 Å². The van der Waals surface area contributed by atoms with Crippen molar-refractivity contribution in [3.8, 4) is 0 Å². The molecule has 2 aromatic rings. The van der Waals surface area contributed by atoms with Gasteiger partial charge in [0.05, 0.1) is 9.71 Å². The van der Waals surface area contributed by atoms with Crippen LogP contribution in [0.4, 0.5) is 0 Å². The lowest BCUT2D eigenvalue weighted by Gasteiger charge is -2.09. The first-order valence-electron chi connectivity index (χ1n) is 5.93. The minimum atomic E-state index is 0.00306. The SMILES string of the molecule is Cc1ccc(CC(Cl)c2cc(C)c(Cl)s2)cc1C. The minimum absolute atomic E-state index is 0.00306. The van der Waals surface area contributed by atoms with Crippen LogP contribution < -0.4 is 0 Å². The lowest BCUT2D eigenvalue weighted by Crippen LogP contribution is -1.94. The van der Waals surface area contributed by atoms with Gasteiger partial charge in [0.2, 0.25) is 0 Å². The molecule has 0 saturated carbocycles. The van der Waals surface area contributed by atoms with Crippen molar-refractivity contribution in [2.24, 2.45) is 0 Å². The maximum absolute atomic E-state index is 6.47. The van der Waals surface area contributed by atoms with Crippen LogP contribution in [0, 0.1) is 20.8 Å². The van der Waals surface area contributed by atoms with E-state index < -0.39 is 0 Å². The van der Waals surface area contributed by atoms with Crippen molar-refractivity contribution >= 4 is 34.5 Å². The summed E-state index contributed by atoms with van der Waals surface area (Å²) in [7, 11) is 0. The fourth-order valence-corrected chi connectivity index (χ4v) is 3.45. The largest absolute Gasteiger partial charge is 0.127 e. The summed E-state index contributed by atoms with van der Waals surface area (Å²) in [4.78, 5) is 1.15. The molecule has 0 fully saturated rings. The minimum Gasteiger partial charge on any atom is -0.127 e. The van der Waals surface area contributed by atoms with Gasteiger partial charge in [0.25, 0.3) is 0 Å². The molecule has 2 rings (SSSR count). The molecule has 1 heterocycles. The van der Waals surface area contributed by atoms with Gasteiger partial charge in [0.15, 0.2) is 0 Å². The Morgan fingerprint density at radius 1 is 1.06 bits per heavy atom. The topological polar surface area (TPSA) is 0 Å². The first-order chi connectivity index (χ1) is 8.47. The third kappa shape index (κ3) is 3.09. The van der Waals surface area contributed by atoms with Gasteiger partial charge in [-0.15, -0.1) is 22.9 Å². The van der Waals surface area contributed by atoms with E-state index in [1.807, 2.05) is 6.92 Å². The van der Waals surface area contributed by atoms with E-state index in [-0.39, 0.29) is 5.38 Å². The quantitative estimate of drug-likeness (QED) is 0.624. The van der Waals surface area contributed by atoms with Gasteiger partial charge in [-0.25, -0.2) is 0 Å². The molecule has 1 atom stereocenters. The van der Waals surface area contributed by atoms with Gasteiger partial charge in [-0.1, -0.05) is 29.8 Å². The second-order valence-electron chi connectivity index (χ2n) is 4.70. The van der Waals surface area contributed by atoms with Crippen LogP contribution in [-0.2, 0) is 6.42 Å². The Morgan fingerprint density at radius 2 is 1.78 bits per heavy atom. The van der Waals surface area contributed by atoms with E-state index in [2.05, 4.69) is 38.1 Å². The average Bonchev–Trinajstić information content (AvgIpc) is 2.65. The van der Waals surface area contributed by atoms with Crippen molar-refractivity contribution in [3.63, 3.8) is 0 Å². The summed E-state index contributed by atoms with van der Waals surface area (Å²) >= 11 is 14.1. The van der Waals surface area contributed by atoms with Crippen LogP contribution in [0.1, 0.15) is 32.5 Å². The maximum Gasteiger partial charge on any atom is 0.0960 e. The predicted molar refractivity (Wildman–Crippen MR) is 82.3 cm³/mol. The number of benzene rings is 1. The van der Waals surface area contributed by atoms with E-state index in [1.54, 1.807) is 11.3 Å². The normalized spacial score (nSPS) is 12.7. The highest BCUT2D eigenvalue weighted by Gasteiger charge is 2.13. The Labute approximate surface area is 123 Å². The first-order valence-corrected chi connectivity index (χ1v) is 7.56.